The number of rotatable bonds is 5. The van der Waals surface area contributed by atoms with Crippen molar-refractivity contribution in [1.82, 2.24) is 4.90 Å². The molecule has 0 saturated carbocycles. The van der Waals surface area contributed by atoms with E-state index in [0.717, 1.165) is 27.7 Å². The van der Waals surface area contributed by atoms with E-state index < -0.39 is 0 Å². The maximum absolute atomic E-state index is 13.0. The van der Waals surface area contributed by atoms with Crippen LogP contribution in [0.3, 0.4) is 0 Å². The molecule has 3 nitrogen and oxygen atoms in total. The maximum Gasteiger partial charge on any atom is 0.228 e. The van der Waals surface area contributed by atoms with Crippen molar-refractivity contribution < 1.29 is 13.6 Å². The van der Waals surface area contributed by atoms with E-state index in [0.29, 0.717) is 6.54 Å². The summed E-state index contributed by atoms with van der Waals surface area (Å²) >= 11 is 0. The fourth-order valence-corrected chi connectivity index (χ4v) is 2.75. The number of fused-ring (bicyclic) bond motifs is 1. The molecule has 1 amide bonds. The molecule has 2 aromatic carbocycles. The molecular formula is C21H18FNO2. The van der Waals surface area contributed by atoms with Crippen molar-refractivity contribution in [2.24, 2.45) is 0 Å². The monoisotopic (exact) mass is 335 g/mol. The number of nitrogens with zero attached hydrogens (tertiary/aromatic N) is 1. The number of amides is 1. The Balaban J connectivity index is 1.78. The number of terminal acetylenes is 1. The van der Waals surface area contributed by atoms with Crippen molar-refractivity contribution in [3.05, 3.63) is 71.2 Å². The molecule has 1 heterocycles. The Hall–Kier alpha value is -3.06. The smallest absolute Gasteiger partial charge is 0.228 e. The zero-order valence-corrected chi connectivity index (χ0v) is 14.0. The molecule has 25 heavy (non-hydrogen) atoms. The number of benzene rings is 2. The summed E-state index contributed by atoms with van der Waals surface area (Å²) in [6.07, 6.45) is 7.23. The summed E-state index contributed by atoms with van der Waals surface area (Å²) in [5.41, 5.74) is 3.54. The summed E-state index contributed by atoms with van der Waals surface area (Å²) in [6.45, 7) is 2.54. The molecule has 0 unspecified atom stereocenters. The standard InChI is InChI=1S/C21H18FNO2/c1-3-10-23(13-16-5-7-18(22)8-6-16)21(24)12-17-14-25-20-11-15(2)4-9-19(17)20/h1,4-9,11,14H,10,12-13H2,2H3. The van der Waals surface area contributed by atoms with E-state index in [1.165, 1.54) is 12.1 Å². The summed E-state index contributed by atoms with van der Waals surface area (Å²) < 4.78 is 18.6. The normalized spacial score (nSPS) is 10.6. The number of aryl methyl sites for hydroxylation is 1. The van der Waals surface area contributed by atoms with Crippen molar-refractivity contribution >= 4 is 16.9 Å². The minimum atomic E-state index is -0.307. The molecule has 0 aliphatic carbocycles. The van der Waals surface area contributed by atoms with Gasteiger partial charge in [0.2, 0.25) is 5.91 Å². The highest BCUT2D eigenvalue weighted by Gasteiger charge is 2.17. The lowest BCUT2D eigenvalue weighted by molar-refractivity contribution is -0.130. The second-order valence-corrected chi connectivity index (χ2v) is 6.02. The van der Waals surface area contributed by atoms with Crippen LogP contribution in [0.25, 0.3) is 11.0 Å². The molecule has 0 bridgehead atoms. The molecule has 0 aliphatic heterocycles. The van der Waals surface area contributed by atoms with Crippen LogP contribution in [0.5, 0.6) is 0 Å². The van der Waals surface area contributed by atoms with Crippen LogP contribution in [0.4, 0.5) is 4.39 Å². The van der Waals surface area contributed by atoms with Gasteiger partial charge in [-0.2, -0.15) is 0 Å². The predicted molar refractivity (Wildman–Crippen MR) is 95.3 cm³/mol. The molecular weight excluding hydrogens is 317 g/mol. The van der Waals surface area contributed by atoms with Crippen LogP contribution in [0.1, 0.15) is 16.7 Å². The number of carbonyl (C=O) groups excluding carboxylic acids is 1. The van der Waals surface area contributed by atoms with Gasteiger partial charge in [-0.25, -0.2) is 4.39 Å². The van der Waals surface area contributed by atoms with Gasteiger partial charge in [-0.1, -0.05) is 30.2 Å². The second kappa shape index (κ2) is 7.23. The Morgan fingerprint density at radius 1 is 1.24 bits per heavy atom. The third kappa shape index (κ3) is 3.89. The van der Waals surface area contributed by atoms with Crippen LogP contribution in [-0.4, -0.2) is 17.4 Å². The van der Waals surface area contributed by atoms with Gasteiger partial charge in [0.15, 0.2) is 0 Å². The lowest BCUT2D eigenvalue weighted by Gasteiger charge is -2.20. The van der Waals surface area contributed by atoms with Crippen molar-refractivity contribution in [2.45, 2.75) is 19.9 Å². The van der Waals surface area contributed by atoms with E-state index in [2.05, 4.69) is 5.92 Å². The molecule has 0 N–H and O–H groups in total. The Kier molecular flexibility index (Phi) is 4.85. The van der Waals surface area contributed by atoms with E-state index in [-0.39, 0.29) is 24.7 Å². The Morgan fingerprint density at radius 2 is 2.00 bits per heavy atom. The van der Waals surface area contributed by atoms with Gasteiger partial charge in [0, 0.05) is 17.5 Å². The zero-order chi connectivity index (χ0) is 17.8. The van der Waals surface area contributed by atoms with Crippen LogP contribution >= 0.6 is 0 Å². The third-order valence-corrected chi connectivity index (χ3v) is 4.07. The molecule has 126 valence electrons. The van der Waals surface area contributed by atoms with Crippen molar-refractivity contribution in [2.75, 3.05) is 6.54 Å². The van der Waals surface area contributed by atoms with Crippen LogP contribution in [-0.2, 0) is 17.8 Å². The highest BCUT2D eigenvalue weighted by molar-refractivity contribution is 5.88. The molecule has 3 rings (SSSR count). The fraction of sp³-hybridized carbons (Fsp3) is 0.190. The summed E-state index contributed by atoms with van der Waals surface area (Å²) in [6, 6.07) is 12.0. The maximum atomic E-state index is 13.0. The van der Waals surface area contributed by atoms with E-state index in [1.807, 2.05) is 25.1 Å². The number of furan rings is 1. The zero-order valence-electron chi connectivity index (χ0n) is 14.0. The number of carbonyl (C=O) groups is 1. The molecule has 0 spiro atoms. The van der Waals surface area contributed by atoms with E-state index in [4.69, 9.17) is 10.8 Å². The van der Waals surface area contributed by atoms with Gasteiger partial charge in [-0.15, -0.1) is 6.42 Å². The summed E-state index contributed by atoms with van der Waals surface area (Å²) in [4.78, 5) is 14.3. The molecule has 0 fully saturated rings. The predicted octanol–water partition coefficient (Wildman–Crippen LogP) is 4.08. The largest absolute Gasteiger partial charge is 0.464 e. The van der Waals surface area contributed by atoms with Crippen LogP contribution in [0, 0.1) is 25.1 Å². The van der Waals surface area contributed by atoms with Gasteiger partial charge in [-0.3, -0.25) is 4.79 Å². The Bertz CT molecular complexity index is 935. The van der Waals surface area contributed by atoms with Crippen molar-refractivity contribution in [3.8, 4) is 12.3 Å². The topological polar surface area (TPSA) is 33.5 Å². The SMILES string of the molecule is C#CCN(Cc1ccc(F)cc1)C(=O)Cc1coc2cc(C)ccc12. The highest BCUT2D eigenvalue weighted by atomic mass is 19.1. The molecule has 0 aliphatic rings. The first-order chi connectivity index (χ1) is 12.1. The average Bonchev–Trinajstić information content (AvgIpc) is 2.98. The molecule has 0 radical (unpaired) electrons. The summed E-state index contributed by atoms with van der Waals surface area (Å²) in [5, 5.41) is 0.932. The van der Waals surface area contributed by atoms with Gasteiger partial charge >= 0.3 is 0 Å². The number of halogens is 1. The minimum Gasteiger partial charge on any atom is -0.464 e. The highest BCUT2D eigenvalue weighted by Crippen LogP contribution is 2.23. The van der Waals surface area contributed by atoms with Crippen LogP contribution in [0.15, 0.2) is 53.1 Å². The summed E-state index contributed by atoms with van der Waals surface area (Å²) in [5.74, 6) is 2.11. The molecule has 0 saturated heterocycles. The quantitative estimate of drug-likeness (QED) is 0.658. The van der Waals surface area contributed by atoms with Crippen molar-refractivity contribution in [1.29, 1.82) is 0 Å². The van der Waals surface area contributed by atoms with Gasteiger partial charge in [0.25, 0.3) is 0 Å². The van der Waals surface area contributed by atoms with E-state index in [9.17, 15) is 9.18 Å². The lowest BCUT2D eigenvalue weighted by atomic mass is 10.1. The fourth-order valence-electron chi connectivity index (χ4n) is 2.75. The Morgan fingerprint density at radius 3 is 2.72 bits per heavy atom. The van der Waals surface area contributed by atoms with E-state index in [1.54, 1.807) is 23.3 Å². The lowest BCUT2D eigenvalue weighted by Crippen LogP contribution is -2.32. The van der Waals surface area contributed by atoms with E-state index >= 15 is 0 Å². The van der Waals surface area contributed by atoms with Gasteiger partial charge in [-0.05, 0) is 36.2 Å². The number of hydrogen-bond donors (Lipinski definition) is 0. The summed E-state index contributed by atoms with van der Waals surface area (Å²) in [7, 11) is 0. The second-order valence-electron chi connectivity index (χ2n) is 6.02. The molecule has 4 heteroatoms. The molecule has 3 aromatic rings. The van der Waals surface area contributed by atoms with Gasteiger partial charge in [0.05, 0.1) is 19.2 Å². The Labute approximate surface area is 146 Å². The molecule has 0 atom stereocenters. The first-order valence-corrected chi connectivity index (χ1v) is 7.99. The van der Waals surface area contributed by atoms with Gasteiger partial charge in [0.1, 0.15) is 11.4 Å². The van der Waals surface area contributed by atoms with Crippen LogP contribution in [0.2, 0.25) is 0 Å². The first kappa shape index (κ1) is 16.8. The first-order valence-electron chi connectivity index (χ1n) is 7.99. The third-order valence-electron chi connectivity index (χ3n) is 4.07. The number of hydrogen-bond acceptors (Lipinski definition) is 2. The van der Waals surface area contributed by atoms with Crippen LogP contribution < -0.4 is 0 Å². The minimum absolute atomic E-state index is 0.0921. The molecule has 1 aromatic heterocycles. The van der Waals surface area contributed by atoms with Gasteiger partial charge < -0.3 is 9.32 Å². The van der Waals surface area contributed by atoms with Crippen molar-refractivity contribution in [3.63, 3.8) is 0 Å². The average molecular weight is 335 g/mol.